The van der Waals surface area contributed by atoms with Crippen LogP contribution in [-0.4, -0.2) is 170 Å². The fraction of sp³-hybridized carbons (Fsp3) is 0.750. The van der Waals surface area contributed by atoms with Gasteiger partial charge in [0.25, 0.3) is 0 Å². The summed E-state index contributed by atoms with van der Waals surface area (Å²) >= 11 is 14.9. The van der Waals surface area contributed by atoms with E-state index >= 15 is 4.79 Å². The first kappa shape index (κ1) is 59.7. The second-order valence-electron chi connectivity index (χ2n) is 22.3. The van der Waals surface area contributed by atoms with Crippen LogP contribution in [-0.2, 0) is 49.3 Å². The molecule has 0 spiro atoms. The predicted octanol–water partition coefficient (Wildman–Crippen LogP) is 8.51. The molecular weight excluding hydrogens is 1020 g/mol. The van der Waals surface area contributed by atoms with E-state index in [4.69, 9.17) is 61.1 Å². The molecule has 19 heteroatoms. The number of carbonyl (C=O) groups is 3. The van der Waals surface area contributed by atoms with Gasteiger partial charge in [-0.1, -0.05) is 50.9 Å². The number of halogens is 2. The number of aliphatic hydroxyl groups is 1. The summed E-state index contributed by atoms with van der Waals surface area (Å²) in [5.41, 5.74) is -1.07. The smallest absolute Gasteiger partial charge is 0.320 e. The van der Waals surface area contributed by atoms with Crippen LogP contribution in [0.1, 0.15) is 106 Å². The van der Waals surface area contributed by atoms with Crippen molar-refractivity contribution in [2.24, 2.45) is 29.6 Å². The van der Waals surface area contributed by atoms with E-state index in [-0.39, 0.29) is 42.9 Å². The number of cyclic esters (lactones) is 1. The lowest BCUT2D eigenvalue weighted by Gasteiger charge is -2.51. The molecule has 5 fully saturated rings. The molecule has 420 valence electrons. The van der Waals surface area contributed by atoms with Crippen molar-refractivity contribution in [3.8, 4) is 11.5 Å². The summed E-state index contributed by atoms with van der Waals surface area (Å²) in [5, 5.41) is 12.3. The number of benzene rings is 1. The molecule has 1 aliphatic carbocycles. The summed E-state index contributed by atoms with van der Waals surface area (Å²) in [6.07, 6.45) is 4.64. The number of fused-ring (bicyclic) bond motifs is 1. The minimum atomic E-state index is -1.40. The van der Waals surface area contributed by atoms with Crippen LogP contribution in [0.2, 0.25) is 10.0 Å². The van der Waals surface area contributed by atoms with E-state index in [1.165, 1.54) is 11.8 Å². The Bertz CT molecular complexity index is 2240. The van der Waals surface area contributed by atoms with Gasteiger partial charge in [-0.2, -0.15) is 0 Å². The Hall–Kier alpha value is -2.97. The van der Waals surface area contributed by atoms with Crippen molar-refractivity contribution in [3.05, 3.63) is 46.2 Å². The number of methoxy groups -OCH3 is 2. The molecule has 1 saturated carbocycles. The van der Waals surface area contributed by atoms with Crippen LogP contribution in [0.5, 0.6) is 11.5 Å². The van der Waals surface area contributed by atoms with Gasteiger partial charge in [-0.25, -0.2) is 0 Å². The molecule has 15 atom stereocenters. The summed E-state index contributed by atoms with van der Waals surface area (Å²) in [7, 11) is 7.25. The lowest BCUT2D eigenvalue weighted by Crippen LogP contribution is -2.64. The number of anilines is 1. The van der Waals surface area contributed by atoms with Crippen molar-refractivity contribution in [1.29, 1.82) is 0 Å². The van der Waals surface area contributed by atoms with Gasteiger partial charge in [-0.15, -0.1) is 11.8 Å². The maximum atomic E-state index is 15.3. The SMILES string of the molecule is CC[C@H]1OC(=O)[C@H](C)[C@@H](O)[C@H](C)[C@@H](O[C@@H]2O[C@H](C)C[C@@H](N3CCOCC3)[C@@H]2N(C)C)[C@](C)(OC)C[C@@H](C)C(=O)[C@H](C)[C@H]2[C@H](SCCN(Cc3c(Cl)cncc3Cl)c3ccc(OC)c(OC4CCCC4)c3)C(=O)O[C@@]21C. The first-order chi connectivity index (χ1) is 35.7. The molecule has 4 aliphatic heterocycles. The van der Waals surface area contributed by atoms with Crippen molar-refractivity contribution in [2.45, 2.75) is 172 Å². The quantitative estimate of drug-likeness (QED) is 0.159. The summed E-state index contributed by atoms with van der Waals surface area (Å²) in [6.45, 7) is 18.4. The molecule has 7 rings (SSSR count). The summed E-state index contributed by atoms with van der Waals surface area (Å²) in [6, 6.07) is 5.70. The third-order valence-corrected chi connectivity index (χ3v) is 18.9. The van der Waals surface area contributed by atoms with Crippen LogP contribution in [0.4, 0.5) is 5.69 Å². The minimum absolute atomic E-state index is 0.0838. The Morgan fingerprint density at radius 3 is 2.25 bits per heavy atom. The Balaban J connectivity index is 1.20. The fourth-order valence-corrected chi connectivity index (χ4v) is 14.7. The highest BCUT2D eigenvalue weighted by molar-refractivity contribution is 8.00. The number of aromatic nitrogens is 1. The number of likely N-dealkylation sites (N-methyl/N-ethyl adjacent to an activating group) is 1. The van der Waals surface area contributed by atoms with Crippen molar-refractivity contribution < 1.29 is 57.4 Å². The van der Waals surface area contributed by atoms with Crippen LogP contribution in [0.3, 0.4) is 0 Å². The van der Waals surface area contributed by atoms with Crippen molar-refractivity contribution >= 4 is 58.4 Å². The van der Waals surface area contributed by atoms with E-state index in [2.05, 4.69) is 19.7 Å². The van der Waals surface area contributed by atoms with Crippen LogP contribution in [0.15, 0.2) is 30.6 Å². The second kappa shape index (κ2) is 25.9. The molecule has 75 heavy (non-hydrogen) atoms. The highest BCUT2D eigenvalue weighted by atomic mass is 35.5. The van der Waals surface area contributed by atoms with Gasteiger partial charge in [0.1, 0.15) is 17.1 Å². The Morgan fingerprint density at radius 1 is 0.947 bits per heavy atom. The maximum Gasteiger partial charge on any atom is 0.320 e. The second-order valence-corrected chi connectivity index (χ2v) is 24.4. The summed E-state index contributed by atoms with van der Waals surface area (Å²) in [4.78, 5) is 55.3. The molecule has 4 saturated heterocycles. The Kier molecular flexibility index (Phi) is 20.6. The Morgan fingerprint density at radius 2 is 1.63 bits per heavy atom. The number of nitrogens with zero attached hydrogens (tertiary/aromatic N) is 4. The number of esters is 2. The number of hydrogen-bond acceptors (Lipinski definition) is 17. The van der Waals surface area contributed by atoms with Crippen molar-refractivity contribution in [3.63, 3.8) is 0 Å². The van der Waals surface area contributed by atoms with Crippen molar-refractivity contribution in [2.75, 3.05) is 71.8 Å². The molecule has 5 aliphatic rings. The zero-order valence-electron chi connectivity index (χ0n) is 46.3. The van der Waals surface area contributed by atoms with E-state index in [0.717, 1.165) is 50.9 Å². The van der Waals surface area contributed by atoms with E-state index in [1.807, 2.05) is 73.8 Å². The number of morpholine rings is 1. The number of ether oxygens (including phenoxy) is 8. The molecule has 0 radical (unpaired) electrons. The van der Waals surface area contributed by atoms with Gasteiger partial charge >= 0.3 is 11.9 Å². The zero-order valence-corrected chi connectivity index (χ0v) is 48.6. The van der Waals surface area contributed by atoms with E-state index < -0.39 is 82.6 Å². The third-order valence-electron chi connectivity index (χ3n) is 17.0. The van der Waals surface area contributed by atoms with Crippen LogP contribution < -0.4 is 14.4 Å². The molecule has 5 heterocycles. The van der Waals surface area contributed by atoms with E-state index in [1.54, 1.807) is 40.5 Å². The fourth-order valence-electron chi connectivity index (χ4n) is 12.8. The number of pyridine rings is 1. The average molecular weight is 1110 g/mol. The summed E-state index contributed by atoms with van der Waals surface area (Å²) < 4.78 is 51.2. The van der Waals surface area contributed by atoms with Crippen LogP contribution in [0, 0.1) is 29.6 Å². The molecule has 2 aromatic rings. The largest absolute Gasteiger partial charge is 0.493 e. The molecular formula is C56H84Cl2N4O12S. The van der Waals surface area contributed by atoms with Gasteiger partial charge in [0.05, 0.1) is 72.3 Å². The number of carbonyl (C=O) groups excluding carboxylic acids is 3. The number of thioether (sulfide) groups is 1. The van der Waals surface area contributed by atoms with Crippen LogP contribution >= 0.6 is 35.0 Å². The van der Waals surface area contributed by atoms with Gasteiger partial charge in [-0.05, 0) is 98.9 Å². The number of ketones is 1. The zero-order chi connectivity index (χ0) is 54.5. The first-order valence-corrected chi connectivity index (χ1v) is 28.9. The standard InChI is InChI=1S/C56H84Cl2N4O12S/c1-13-45-56(8)46(50(53(66)74-56)75-25-22-62(31-39-40(57)29-59-30-41(39)58)37-18-19-43(67-11)44(27-37)71-38-16-14-15-17-38)34(4)48(63)32(2)28-55(7,68-12)51(35(5)49(64)36(6)52(65)72-45)73-54-47(60(9)10)42(26-33(3)70-54)61-20-23-69-24-21-61/h18-19,27,29-30,32-36,38,42,45-47,49-51,54,64H,13-17,20-26,28,31H2,1-12H3/t32-,33-,34-,35+,36-,42-,45-,46+,47+,49+,50+,51-,54+,55-,56-/m1/s1. The molecule has 1 aromatic heterocycles. The number of rotatable bonds is 16. The summed E-state index contributed by atoms with van der Waals surface area (Å²) in [5.74, 6) is -3.43. The first-order valence-electron chi connectivity index (χ1n) is 27.1. The van der Waals surface area contributed by atoms with Gasteiger partial charge < -0.3 is 52.8 Å². The normalized spacial score (nSPS) is 35.7. The molecule has 1 aromatic carbocycles. The lowest BCUT2D eigenvalue weighted by molar-refractivity contribution is -0.291. The van der Waals surface area contributed by atoms with E-state index in [9.17, 15) is 14.7 Å². The lowest BCUT2D eigenvalue weighted by atomic mass is 9.70. The molecule has 0 amide bonds. The molecule has 0 unspecified atom stereocenters. The van der Waals surface area contributed by atoms with Crippen molar-refractivity contribution in [1.82, 2.24) is 14.8 Å². The topological polar surface area (TPSA) is 168 Å². The van der Waals surface area contributed by atoms with Gasteiger partial charge in [-0.3, -0.25) is 24.3 Å². The number of aliphatic hydroxyl groups excluding tert-OH is 1. The maximum absolute atomic E-state index is 15.3. The van der Waals surface area contributed by atoms with Gasteiger partial charge in [0.15, 0.2) is 23.4 Å². The monoisotopic (exact) mass is 1110 g/mol. The number of hydrogen-bond donors (Lipinski definition) is 1. The number of Topliss-reactive ketones (excluding diaryl/α,β-unsaturated/α-hetero) is 1. The highest BCUT2D eigenvalue weighted by Gasteiger charge is 2.62. The predicted molar refractivity (Wildman–Crippen MR) is 291 cm³/mol. The average Bonchev–Trinajstić information content (AvgIpc) is 4.00. The highest BCUT2D eigenvalue weighted by Crippen LogP contribution is 2.49. The third kappa shape index (κ3) is 13.2. The Labute approximate surface area is 459 Å². The van der Waals surface area contributed by atoms with Gasteiger partial charge in [0, 0.05) is 98.5 Å². The molecule has 0 bridgehead atoms. The van der Waals surface area contributed by atoms with Gasteiger partial charge in [0.2, 0.25) is 0 Å². The minimum Gasteiger partial charge on any atom is -0.493 e. The van der Waals surface area contributed by atoms with Crippen LogP contribution in [0.25, 0.3) is 0 Å². The van der Waals surface area contributed by atoms with E-state index in [0.29, 0.717) is 59.2 Å². The molecule has 16 nitrogen and oxygen atoms in total. The molecule has 1 N–H and O–H groups in total.